The van der Waals surface area contributed by atoms with Crippen LogP contribution in [0.25, 0.3) is 22.6 Å². The standard InChI is InChI=1S/C16H17N3O/c1-4-20-13-9-8-12-15(18-13)19-16(17-12)14-10(2)6-5-7-11(14)3/h5-9H,4H2,1-3H3,(H,17,18,19). The molecule has 1 N–H and O–H groups in total. The van der Waals surface area contributed by atoms with Crippen LogP contribution in [-0.4, -0.2) is 21.6 Å². The smallest absolute Gasteiger partial charge is 0.215 e. The normalized spacial score (nSPS) is 10.9. The maximum absolute atomic E-state index is 5.41. The molecule has 0 radical (unpaired) electrons. The topological polar surface area (TPSA) is 50.8 Å². The van der Waals surface area contributed by atoms with Crippen LogP contribution in [0.4, 0.5) is 0 Å². The van der Waals surface area contributed by atoms with Crippen LogP contribution in [0, 0.1) is 13.8 Å². The number of hydrogen-bond donors (Lipinski definition) is 1. The molecule has 0 aliphatic carbocycles. The molecule has 0 unspecified atom stereocenters. The Balaban J connectivity index is 2.13. The van der Waals surface area contributed by atoms with Gasteiger partial charge < -0.3 is 9.72 Å². The number of aromatic amines is 1. The van der Waals surface area contributed by atoms with Crippen molar-refractivity contribution in [3.63, 3.8) is 0 Å². The Hall–Kier alpha value is -2.36. The van der Waals surface area contributed by atoms with Crippen molar-refractivity contribution in [1.29, 1.82) is 0 Å². The molecule has 0 spiro atoms. The van der Waals surface area contributed by atoms with Crippen LogP contribution in [0.5, 0.6) is 5.88 Å². The Morgan fingerprint density at radius 1 is 1.05 bits per heavy atom. The number of nitrogens with one attached hydrogen (secondary N) is 1. The van der Waals surface area contributed by atoms with Crippen LogP contribution in [-0.2, 0) is 0 Å². The van der Waals surface area contributed by atoms with E-state index in [-0.39, 0.29) is 0 Å². The molecule has 3 aromatic rings. The minimum absolute atomic E-state index is 0.604. The third-order valence-electron chi connectivity index (χ3n) is 3.33. The zero-order valence-electron chi connectivity index (χ0n) is 11.9. The maximum Gasteiger partial charge on any atom is 0.215 e. The van der Waals surface area contributed by atoms with Gasteiger partial charge in [-0.15, -0.1) is 0 Å². The van der Waals surface area contributed by atoms with E-state index in [0.717, 1.165) is 16.9 Å². The number of imidazole rings is 1. The molecular weight excluding hydrogens is 250 g/mol. The number of aryl methyl sites for hydroxylation is 2. The van der Waals surface area contributed by atoms with Gasteiger partial charge >= 0.3 is 0 Å². The van der Waals surface area contributed by atoms with E-state index in [1.165, 1.54) is 11.1 Å². The molecule has 0 atom stereocenters. The molecule has 0 amide bonds. The van der Waals surface area contributed by atoms with Gasteiger partial charge in [0.2, 0.25) is 5.88 Å². The average Bonchev–Trinajstić information content (AvgIpc) is 2.81. The fourth-order valence-electron chi connectivity index (χ4n) is 2.41. The van der Waals surface area contributed by atoms with Gasteiger partial charge in [-0.05, 0) is 38.0 Å². The molecule has 0 fully saturated rings. The summed E-state index contributed by atoms with van der Waals surface area (Å²) in [5.74, 6) is 1.47. The van der Waals surface area contributed by atoms with Crippen molar-refractivity contribution in [1.82, 2.24) is 15.0 Å². The van der Waals surface area contributed by atoms with Crippen molar-refractivity contribution in [2.24, 2.45) is 0 Å². The summed E-state index contributed by atoms with van der Waals surface area (Å²) in [6.07, 6.45) is 0. The second-order valence-electron chi connectivity index (χ2n) is 4.81. The molecule has 20 heavy (non-hydrogen) atoms. The van der Waals surface area contributed by atoms with Crippen LogP contribution in [0.1, 0.15) is 18.1 Å². The van der Waals surface area contributed by atoms with Crippen molar-refractivity contribution in [2.75, 3.05) is 6.61 Å². The molecule has 102 valence electrons. The molecule has 0 aliphatic heterocycles. The Labute approximate surface area is 117 Å². The van der Waals surface area contributed by atoms with Gasteiger partial charge in [-0.3, -0.25) is 0 Å². The predicted molar refractivity (Wildman–Crippen MR) is 80.0 cm³/mol. The number of hydrogen-bond acceptors (Lipinski definition) is 3. The summed E-state index contributed by atoms with van der Waals surface area (Å²) in [6, 6.07) is 10.1. The molecule has 4 nitrogen and oxygen atoms in total. The Bertz CT molecular complexity index is 741. The quantitative estimate of drug-likeness (QED) is 0.788. The van der Waals surface area contributed by atoms with E-state index in [2.05, 4.69) is 47.0 Å². The van der Waals surface area contributed by atoms with Crippen LogP contribution in [0.2, 0.25) is 0 Å². The van der Waals surface area contributed by atoms with Crippen LogP contribution in [0.15, 0.2) is 30.3 Å². The minimum atomic E-state index is 0.604. The SMILES string of the molecule is CCOc1ccc2[nH]c(-c3c(C)cccc3C)nc2n1. The second kappa shape index (κ2) is 4.96. The first-order chi connectivity index (χ1) is 9.69. The third kappa shape index (κ3) is 2.13. The number of nitrogens with zero attached hydrogens (tertiary/aromatic N) is 2. The van der Waals surface area contributed by atoms with Gasteiger partial charge in [-0.25, -0.2) is 4.98 Å². The molecule has 0 aliphatic rings. The fourth-order valence-corrected chi connectivity index (χ4v) is 2.41. The van der Waals surface area contributed by atoms with Gasteiger partial charge in [0, 0.05) is 11.6 Å². The van der Waals surface area contributed by atoms with Crippen LogP contribution < -0.4 is 4.74 Å². The van der Waals surface area contributed by atoms with Crippen molar-refractivity contribution in [2.45, 2.75) is 20.8 Å². The molecule has 4 heteroatoms. The van der Waals surface area contributed by atoms with Gasteiger partial charge in [0.25, 0.3) is 0 Å². The molecule has 0 bridgehead atoms. The van der Waals surface area contributed by atoms with Gasteiger partial charge in [0.05, 0.1) is 12.1 Å². The summed E-state index contributed by atoms with van der Waals surface area (Å²) < 4.78 is 5.41. The number of fused-ring (bicyclic) bond motifs is 1. The number of H-pyrrole nitrogens is 1. The Kier molecular flexibility index (Phi) is 3.14. The largest absolute Gasteiger partial charge is 0.478 e. The van der Waals surface area contributed by atoms with E-state index in [0.29, 0.717) is 18.1 Å². The highest BCUT2D eigenvalue weighted by atomic mass is 16.5. The van der Waals surface area contributed by atoms with Crippen molar-refractivity contribution in [3.05, 3.63) is 41.5 Å². The highest BCUT2D eigenvalue weighted by Crippen LogP contribution is 2.26. The highest BCUT2D eigenvalue weighted by Gasteiger charge is 2.11. The summed E-state index contributed by atoms with van der Waals surface area (Å²) in [4.78, 5) is 12.3. The molecular formula is C16H17N3O. The van der Waals surface area contributed by atoms with E-state index in [9.17, 15) is 0 Å². The third-order valence-corrected chi connectivity index (χ3v) is 3.33. The van der Waals surface area contributed by atoms with Gasteiger partial charge in [-0.1, -0.05) is 18.2 Å². The van der Waals surface area contributed by atoms with Crippen molar-refractivity contribution in [3.8, 4) is 17.3 Å². The van der Waals surface area contributed by atoms with Gasteiger partial charge in [0.1, 0.15) is 5.82 Å². The molecule has 2 aromatic heterocycles. The lowest BCUT2D eigenvalue weighted by atomic mass is 10.0. The van der Waals surface area contributed by atoms with E-state index < -0.39 is 0 Å². The average molecular weight is 267 g/mol. The summed E-state index contributed by atoms with van der Waals surface area (Å²) in [5.41, 5.74) is 5.16. The lowest BCUT2D eigenvalue weighted by Gasteiger charge is -2.05. The van der Waals surface area contributed by atoms with Crippen molar-refractivity contribution < 1.29 is 4.74 Å². The first kappa shape index (κ1) is 12.7. The zero-order valence-corrected chi connectivity index (χ0v) is 11.9. The summed E-state index contributed by atoms with van der Waals surface area (Å²) in [6.45, 7) is 6.73. The van der Waals surface area contributed by atoms with Gasteiger partial charge in [0.15, 0.2) is 5.65 Å². The van der Waals surface area contributed by atoms with Crippen LogP contribution in [0.3, 0.4) is 0 Å². The Morgan fingerprint density at radius 2 is 1.80 bits per heavy atom. The summed E-state index contributed by atoms with van der Waals surface area (Å²) >= 11 is 0. The Morgan fingerprint density at radius 3 is 2.50 bits per heavy atom. The van der Waals surface area contributed by atoms with Gasteiger partial charge in [-0.2, -0.15) is 4.98 Å². The number of ether oxygens (including phenoxy) is 1. The first-order valence-electron chi connectivity index (χ1n) is 6.75. The molecule has 1 aromatic carbocycles. The van der Waals surface area contributed by atoms with E-state index >= 15 is 0 Å². The van der Waals surface area contributed by atoms with Crippen LogP contribution >= 0.6 is 0 Å². The number of benzene rings is 1. The van der Waals surface area contributed by atoms with Crippen molar-refractivity contribution >= 4 is 11.2 Å². The fraction of sp³-hybridized carbons (Fsp3) is 0.250. The number of pyridine rings is 1. The highest BCUT2D eigenvalue weighted by molar-refractivity contribution is 5.78. The van der Waals surface area contributed by atoms with E-state index in [1.807, 2.05) is 19.1 Å². The first-order valence-corrected chi connectivity index (χ1v) is 6.75. The molecule has 2 heterocycles. The monoisotopic (exact) mass is 267 g/mol. The summed E-state index contributed by atoms with van der Waals surface area (Å²) in [7, 11) is 0. The van der Waals surface area contributed by atoms with E-state index in [1.54, 1.807) is 0 Å². The lowest BCUT2D eigenvalue weighted by Crippen LogP contribution is -1.93. The second-order valence-corrected chi connectivity index (χ2v) is 4.81. The minimum Gasteiger partial charge on any atom is -0.478 e. The molecule has 0 saturated heterocycles. The lowest BCUT2D eigenvalue weighted by molar-refractivity contribution is 0.328. The molecule has 0 saturated carbocycles. The van der Waals surface area contributed by atoms with E-state index in [4.69, 9.17) is 4.74 Å². The number of aromatic nitrogens is 3. The predicted octanol–water partition coefficient (Wildman–Crippen LogP) is 3.64. The summed E-state index contributed by atoms with van der Waals surface area (Å²) in [5, 5.41) is 0. The zero-order chi connectivity index (χ0) is 14.1. The molecule has 3 rings (SSSR count). The number of rotatable bonds is 3. The maximum atomic E-state index is 5.41.